The second-order valence-electron chi connectivity index (χ2n) is 2.79. The SMILES string of the molecule is C=CC(=O)OC(C)OCCCCC. The van der Waals surface area contributed by atoms with E-state index in [1.807, 2.05) is 0 Å². The maximum atomic E-state index is 10.7. The highest BCUT2D eigenvalue weighted by atomic mass is 16.7. The highest BCUT2D eigenvalue weighted by Crippen LogP contribution is 1.99. The van der Waals surface area contributed by atoms with Gasteiger partial charge < -0.3 is 9.47 Å². The number of esters is 1. The lowest BCUT2D eigenvalue weighted by Gasteiger charge is -2.12. The number of rotatable bonds is 7. The summed E-state index contributed by atoms with van der Waals surface area (Å²) in [6, 6.07) is 0. The average molecular weight is 186 g/mol. The molecule has 0 aromatic carbocycles. The lowest BCUT2D eigenvalue weighted by atomic mass is 10.3. The van der Waals surface area contributed by atoms with E-state index in [4.69, 9.17) is 9.47 Å². The maximum Gasteiger partial charge on any atom is 0.332 e. The third-order valence-electron chi connectivity index (χ3n) is 1.55. The first-order chi connectivity index (χ1) is 6.20. The Morgan fingerprint density at radius 2 is 2.23 bits per heavy atom. The smallest absolute Gasteiger partial charge is 0.332 e. The van der Waals surface area contributed by atoms with Crippen LogP contribution in [0.3, 0.4) is 0 Å². The summed E-state index contributed by atoms with van der Waals surface area (Å²) in [5.41, 5.74) is 0. The van der Waals surface area contributed by atoms with E-state index in [1.54, 1.807) is 6.92 Å². The van der Waals surface area contributed by atoms with Crippen LogP contribution in [0.15, 0.2) is 12.7 Å². The Morgan fingerprint density at radius 1 is 1.54 bits per heavy atom. The van der Waals surface area contributed by atoms with Gasteiger partial charge in [-0.1, -0.05) is 26.3 Å². The molecule has 0 radical (unpaired) electrons. The summed E-state index contributed by atoms with van der Waals surface area (Å²) >= 11 is 0. The van der Waals surface area contributed by atoms with Gasteiger partial charge in [-0.25, -0.2) is 4.79 Å². The molecule has 1 atom stereocenters. The number of carbonyl (C=O) groups excluding carboxylic acids is 1. The van der Waals surface area contributed by atoms with Crippen molar-refractivity contribution in [3.05, 3.63) is 12.7 Å². The Morgan fingerprint density at radius 3 is 2.77 bits per heavy atom. The van der Waals surface area contributed by atoms with Gasteiger partial charge in [-0.2, -0.15) is 0 Å². The highest BCUT2D eigenvalue weighted by molar-refractivity contribution is 5.81. The Kier molecular flexibility index (Phi) is 7.30. The van der Waals surface area contributed by atoms with Crippen LogP contribution < -0.4 is 0 Å². The van der Waals surface area contributed by atoms with Crippen molar-refractivity contribution in [3.8, 4) is 0 Å². The highest BCUT2D eigenvalue weighted by Gasteiger charge is 2.04. The molecular weight excluding hydrogens is 168 g/mol. The molecule has 0 aliphatic carbocycles. The van der Waals surface area contributed by atoms with Crippen LogP contribution >= 0.6 is 0 Å². The summed E-state index contributed by atoms with van der Waals surface area (Å²) in [4.78, 5) is 10.7. The Hall–Kier alpha value is -0.830. The van der Waals surface area contributed by atoms with E-state index in [-0.39, 0.29) is 0 Å². The van der Waals surface area contributed by atoms with E-state index in [0.29, 0.717) is 6.61 Å². The Balaban J connectivity index is 3.34. The van der Waals surface area contributed by atoms with Crippen molar-refractivity contribution in [2.45, 2.75) is 39.4 Å². The molecule has 0 aliphatic rings. The molecule has 0 saturated carbocycles. The van der Waals surface area contributed by atoms with Gasteiger partial charge in [0.2, 0.25) is 0 Å². The van der Waals surface area contributed by atoms with E-state index in [0.717, 1.165) is 25.3 Å². The van der Waals surface area contributed by atoms with Gasteiger partial charge in [0.25, 0.3) is 0 Å². The molecule has 3 nitrogen and oxygen atoms in total. The molecule has 0 aromatic rings. The lowest BCUT2D eigenvalue weighted by Crippen LogP contribution is -2.17. The normalized spacial score (nSPS) is 12.2. The summed E-state index contributed by atoms with van der Waals surface area (Å²) in [7, 11) is 0. The molecule has 0 spiro atoms. The molecule has 0 fully saturated rings. The van der Waals surface area contributed by atoms with Gasteiger partial charge >= 0.3 is 5.97 Å². The van der Waals surface area contributed by atoms with Gasteiger partial charge in [-0.15, -0.1) is 0 Å². The van der Waals surface area contributed by atoms with Crippen molar-refractivity contribution in [1.29, 1.82) is 0 Å². The van der Waals surface area contributed by atoms with Gasteiger partial charge in [0, 0.05) is 6.08 Å². The predicted molar refractivity (Wildman–Crippen MR) is 51.2 cm³/mol. The quantitative estimate of drug-likeness (QED) is 0.265. The minimum absolute atomic E-state index is 0.442. The second kappa shape index (κ2) is 7.80. The van der Waals surface area contributed by atoms with Crippen LogP contribution in [0, 0.1) is 0 Å². The van der Waals surface area contributed by atoms with E-state index < -0.39 is 12.3 Å². The van der Waals surface area contributed by atoms with Gasteiger partial charge in [0.05, 0.1) is 6.61 Å². The third kappa shape index (κ3) is 7.53. The molecule has 0 aliphatic heterocycles. The van der Waals surface area contributed by atoms with E-state index >= 15 is 0 Å². The van der Waals surface area contributed by atoms with Crippen molar-refractivity contribution in [1.82, 2.24) is 0 Å². The first-order valence-electron chi connectivity index (χ1n) is 4.65. The minimum atomic E-state index is -0.470. The Bertz CT molecular complexity index is 154. The zero-order valence-electron chi connectivity index (χ0n) is 8.41. The largest absolute Gasteiger partial charge is 0.433 e. The van der Waals surface area contributed by atoms with E-state index in [2.05, 4.69) is 13.5 Å². The third-order valence-corrected chi connectivity index (χ3v) is 1.55. The van der Waals surface area contributed by atoms with Gasteiger partial charge in [-0.3, -0.25) is 0 Å². The van der Waals surface area contributed by atoms with Crippen LogP contribution in [0.25, 0.3) is 0 Å². The fourth-order valence-corrected chi connectivity index (χ4v) is 0.847. The number of carbonyl (C=O) groups is 1. The van der Waals surface area contributed by atoms with Crippen LogP contribution in [0.1, 0.15) is 33.1 Å². The number of ether oxygens (including phenoxy) is 2. The molecule has 0 saturated heterocycles. The number of unbranched alkanes of at least 4 members (excludes halogenated alkanes) is 2. The molecule has 0 amide bonds. The van der Waals surface area contributed by atoms with Crippen molar-refractivity contribution in [2.75, 3.05) is 6.61 Å². The summed E-state index contributed by atoms with van der Waals surface area (Å²) in [6.45, 7) is 7.76. The van der Waals surface area contributed by atoms with Crippen molar-refractivity contribution in [3.63, 3.8) is 0 Å². The zero-order valence-corrected chi connectivity index (χ0v) is 8.41. The molecule has 3 heteroatoms. The maximum absolute atomic E-state index is 10.7. The van der Waals surface area contributed by atoms with Crippen molar-refractivity contribution < 1.29 is 14.3 Å². The van der Waals surface area contributed by atoms with E-state index in [9.17, 15) is 4.79 Å². The molecule has 0 bridgehead atoms. The van der Waals surface area contributed by atoms with Crippen molar-refractivity contribution >= 4 is 5.97 Å². The fourth-order valence-electron chi connectivity index (χ4n) is 0.847. The Labute approximate surface area is 79.7 Å². The van der Waals surface area contributed by atoms with Crippen LogP contribution in [-0.2, 0) is 14.3 Å². The first kappa shape index (κ1) is 12.2. The molecule has 1 unspecified atom stereocenters. The summed E-state index contributed by atoms with van der Waals surface area (Å²) in [6.07, 6.45) is 3.97. The van der Waals surface area contributed by atoms with Crippen molar-refractivity contribution in [2.24, 2.45) is 0 Å². The number of hydrogen-bond acceptors (Lipinski definition) is 3. The molecule has 0 aromatic heterocycles. The fraction of sp³-hybridized carbons (Fsp3) is 0.700. The molecule has 0 rings (SSSR count). The standard InChI is InChI=1S/C10H18O3/c1-4-6-7-8-12-9(3)13-10(11)5-2/h5,9H,2,4,6-8H2,1,3H3. The molecule has 76 valence electrons. The van der Waals surface area contributed by atoms with Gasteiger partial charge in [0.1, 0.15) is 0 Å². The van der Waals surface area contributed by atoms with Crippen LogP contribution in [0.2, 0.25) is 0 Å². The van der Waals surface area contributed by atoms with Gasteiger partial charge in [0.15, 0.2) is 6.29 Å². The monoisotopic (exact) mass is 186 g/mol. The zero-order chi connectivity index (χ0) is 10.1. The second-order valence-corrected chi connectivity index (χ2v) is 2.79. The molecule has 0 N–H and O–H groups in total. The molecular formula is C10H18O3. The van der Waals surface area contributed by atoms with Crippen LogP contribution in [0.4, 0.5) is 0 Å². The first-order valence-corrected chi connectivity index (χ1v) is 4.65. The van der Waals surface area contributed by atoms with Gasteiger partial charge in [-0.05, 0) is 13.3 Å². The minimum Gasteiger partial charge on any atom is -0.433 e. The lowest BCUT2D eigenvalue weighted by molar-refractivity contribution is -0.168. The summed E-state index contributed by atoms with van der Waals surface area (Å²) in [5, 5.41) is 0. The molecule has 13 heavy (non-hydrogen) atoms. The summed E-state index contributed by atoms with van der Waals surface area (Å²) < 4.78 is 10.0. The predicted octanol–water partition coefficient (Wildman–Crippen LogP) is 2.27. The average Bonchev–Trinajstić information content (AvgIpc) is 2.12. The van der Waals surface area contributed by atoms with Crippen LogP contribution in [0.5, 0.6) is 0 Å². The molecule has 0 heterocycles. The number of hydrogen-bond donors (Lipinski definition) is 0. The van der Waals surface area contributed by atoms with E-state index in [1.165, 1.54) is 0 Å². The van der Waals surface area contributed by atoms with Crippen LogP contribution in [-0.4, -0.2) is 18.9 Å². The topological polar surface area (TPSA) is 35.5 Å². The summed E-state index contributed by atoms with van der Waals surface area (Å²) in [5.74, 6) is -0.442.